The number of hydrogen-bond acceptors (Lipinski definition) is 5. The molecule has 0 radical (unpaired) electrons. The molecule has 3 rings (SSSR count). The SMILES string of the molecule is O=c1ccc(-c2nnc(S(=O)(=O)Cl)n2C2CC2)c[nH]1. The Morgan fingerprint density at radius 3 is 2.58 bits per heavy atom. The summed E-state index contributed by atoms with van der Waals surface area (Å²) in [5.41, 5.74) is 0.344. The van der Waals surface area contributed by atoms with Crippen LogP contribution in [-0.2, 0) is 9.05 Å². The van der Waals surface area contributed by atoms with Gasteiger partial charge in [0.1, 0.15) is 0 Å². The van der Waals surface area contributed by atoms with Gasteiger partial charge in [0.25, 0.3) is 14.2 Å². The molecule has 0 aliphatic heterocycles. The molecular formula is C10H9ClN4O3S. The Balaban J connectivity index is 2.19. The predicted molar refractivity (Wildman–Crippen MR) is 67.4 cm³/mol. The number of H-pyrrole nitrogens is 1. The van der Waals surface area contributed by atoms with Gasteiger partial charge in [0.05, 0.1) is 0 Å². The Morgan fingerprint density at radius 1 is 1.32 bits per heavy atom. The van der Waals surface area contributed by atoms with Crippen molar-refractivity contribution in [3.8, 4) is 11.4 Å². The molecule has 0 saturated heterocycles. The van der Waals surface area contributed by atoms with E-state index in [0.717, 1.165) is 12.8 Å². The van der Waals surface area contributed by atoms with Crippen molar-refractivity contribution in [1.82, 2.24) is 19.7 Å². The van der Waals surface area contributed by atoms with Crippen molar-refractivity contribution in [3.05, 3.63) is 28.7 Å². The standard InChI is InChI=1S/C10H9ClN4O3S/c11-19(17,18)10-14-13-9(15(10)7-2-3-7)6-1-4-8(16)12-5-6/h1,4-5,7H,2-3H2,(H,12,16). The summed E-state index contributed by atoms with van der Waals surface area (Å²) < 4.78 is 24.4. The van der Waals surface area contributed by atoms with Crippen LogP contribution in [0.5, 0.6) is 0 Å². The summed E-state index contributed by atoms with van der Waals surface area (Å²) in [4.78, 5) is 13.5. The fraction of sp³-hybridized carbons (Fsp3) is 0.300. The molecule has 1 N–H and O–H groups in total. The zero-order chi connectivity index (χ0) is 13.6. The van der Waals surface area contributed by atoms with Gasteiger partial charge in [0.15, 0.2) is 5.82 Å². The van der Waals surface area contributed by atoms with Gasteiger partial charge >= 0.3 is 0 Å². The molecule has 1 saturated carbocycles. The summed E-state index contributed by atoms with van der Waals surface area (Å²) in [5.74, 6) is 0.387. The zero-order valence-electron chi connectivity index (χ0n) is 9.58. The average molecular weight is 301 g/mol. The maximum Gasteiger partial charge on any atom is 0.296 e. The van der Waals surface area contributed by atoms with E-state index in [1.165, 1.54) is 16.8 Å². The highest BCUT2D eigenvalue weighted by atomic mass is 35.7. The van der Waals surface area contributed by atoms with Gasteiger partial charge < -0.3 is 4.98 Å². The van der Waals surface area contributed by atoms with Crippen LogP contribution >= 0.6 is 10.7 Å². The van der Waals surface area contributed by atoms with E-state index in [2.05, 4.69) is 15.2 Å². The molecule has 2 heterocycles. The minimum Gasteiger partial charge on any atom is -0.328 e. The van der Waals surface area contributed by atoms with Crippen LogP contribution in [0, 0.1) is 0 Å². The molecular weight excluding hydrogens is 292 g/mol. The molecule has 0 aromatic carbocycles. The molecule has 1 aliphatic carbocycles. The number of nitrogens with zero attached hydrogens (tertiary/aromatic N) is 3. The summed E-state index contributed by atoms with van der Waals surface area (Å²) in [5, 5.41) is 7.27. The largest absolute Gasteiger partial charge is 0.328 e. The summed E-state index contributed by atoms with van der Waals surface area (Å²) in [6.45, 7) is 0. The lowest BCUT2D eigenvalue weighted by molar-refractivity contribution is 0.579. The first-order chi connectivity index (χ1) is 8.97. The maximum atomic E-state index is 11.5. The molecule has 0 atom stereocenters. The van der Waals surface area contributed by atoms with Crippen molar-refractivity contribution in [2.45, 2.75) is 24.0 Å². The Morgan fingerprint density at radius 2 is 2.05 bits per heavy atom. The first-order valence-corrected chi connectivity index (χ1v) is 7.86. The molecule has 0 bridgehead atoms. The van der Waals surface area contributed by atoms with Gasteiger partial charge in [-0.25, -0.2) is 8.42 Å². The highest BCUT2D eigenvalue weighted by Gasteiger charge is 2.34. The summed E-state index contributed by atoms with van der Waals surface area (Å²) in [6, 6.07) is 2.95. The minimum atomic E-state index is -3.94. The molecule has 2 aromatic heterocycles. The third-order valence-corrected chi connectivity index (χ3v) is 3.97. The Hall–Kier alpha value is -1.67. The molecule has 7 nitrogen and oxygen atoms in total. The van der Waals surface area contributed by atoms with Gasteiger partial charge in [0.2, 0.25) is 5.56 Å². The number of aromatic nitrogens is 4. The summed E-state index contributed by atoms with van der Waals surface area (Å²) in [7, 11) is 1.41. The first-order valence-electron chi connectivity index (χ1n) is 5.55. The molecule has 1 aliphatic rings. The van der Waals surface area contributed by atoms with Crippen molar-refractivity contribution >= 4 is 19.7 Å². The van der Waals surface area contributed by atoms with Crippen LogP contribution in [-0.4, -0.2) is 28.2 Å². The summed E-state index contributed by atoms with van der Waals surface area (Å²) in [6.07, 6.45) is 3.18. The van der Waals surface area contributed by atoms with E-state index >= 15 is 0 Å². The van der Waals surface area contributed by atoms with Crippen LogP contribution in [0.25, 0.3) is 11.4 Å². The fourth-order valence-corrected chi connectivity index (χ4v) is 2.78. The fourth-order valence-electron chi connectivity index (χ4n) is 1.85. The van der Waals surface area contributed by atoms with Gasteiger partial charge in [-0.1, -0.05) is 0 Å². The highest BCUT2D eigenvalue weighted by molar-refractivity contribution is 8.13. The van der Waals surface area contributed by atoms with Crippen LogP contribution in [0.4, 0.5) is 0 Å². The lowest BCUT2D eigenvalue weighted by Gasteiger charge is -2.06. The molecule has 9 heteroatoms. The Kier molecular flexibility index (Phi) is 2.72. The minimum absolute atomic E-state index is 0.0421. The number of rotatable bonds is 3. The van der Waals surface area contributed by atoms with E-state index in [4.69, 9.17) is 10.7 Å². The van der Waals surface area contributed by atoms with Gasteiger partial charge in [-0.2, -0.15) is 0 Å². The van der Waals surface area contributed by atoms with Crippen LogP contribution in [0.1, 0.15) is 18.9 Å². The molecule has 1 fully saturated rings. The average Bonchev–Trinajstić information content (AvgIpc) is 3.07. The third kappa shape index (κ3) is 2.28. The Labute approximate surface area is 112 Å². The van der Waals surface area contributed by atoms with Gasteiger partial charge in [-0.3, -0.25) is 9.36 Å². The normalized spacial score (nSPS) is 15.6. The van der Waals surface area contributed by atoms with Gasteiger partial charge in [-0.15, -0.1) is 10.2 Å². The second kappa shape index (κ2) is 4.17. The second-order valence-electron chi connectivity index (χ2n) is 4.29. The van der Waals surface area contributed by atoms with E-state index in [1.54, 1.807) is 6.07 Å². The quantitative estimate of drug-likeness (QED) is 0.849. The van der Waals surface area contributed by atoms with Crippen LogP contribution in [0.3, 0.4) is 0 Å². The van der Waals surface area contributed by atoms with Gasteiger partial charge in [-0.05, 0) is 18.9 Å². The van der Waals surface area contributed by atoms with Crippen molar-refractivity contribution < 1.29 is 8.42 Å². The van der Waals surface area contributed by atoms with E-state index in [0.29, 0.717) is 11.4 Å². The van der Waals surface area contributed by atoms with E-state index in [-0.39, 0.29) is 16.8 Å². The van der Waals surface area contributed by atoms with Crippen LogP contribution in [0.2, 0.25) is 0 Å². The van der Waals surface area contributed by atoms with Crippen molar-refractivity contribution in [1.29, 1.82) is 0 Å². The number of hydrogen-bond donors (Lipinski definition) is 1. The zero-order valence-corrected chi connectivity index (χ0v) is 11.1. The maximum absolute atomic E-state index is 11.5. The number of pyridine rings is 1. The lowest BCUT2D eigenvalue weighted by atomic mass is 10.2. The Bertz CT molecular complexity index is 771. The smallest absolute Gasteiger partial charge is 0.296 e. The highest BCUT2D eigenvalue weighted by Crippen LogP contribution is 2.40. The second-order valence-corrected chi connectivity index (χ2v) is 6.75. The number of nitrogens with one attached hydrogen (secondary N) is 1. The molecule has 0 amide bonds. The first kappa shape index (κ1) is 12.4. The predicted octanol–water partition coefficient (Wildman–Crippen LogP) is 0.896. The van der Waals surface area contributed by atoms with Crippen LogP contribution in [0.15, 0.2) is 28.3 Å². The summed E-state index contributed by atoms with van der Waals surface area (Å²) >= 11 is 0. The monoisotopic (exact) mass is 300 g/mol. The molecule has 100 valence electrons. The van der Waals surface area contributed by atoms with Crippen molar-refractivity contribution in [3.63, 3.8) is 0 Å². The van der Waals surface area contributed by atoms with Crippen molar-refractivity contribution in [2.75, 3.05) is 0 Å². The van der Waals surface area contributed by atoms with E-state index in [9.17, 15) is 13.2 Å². The molecule has 0 unspecified atom stereocenters. The molecule has 0 spiro atoms. The number of aromatic amines is 1. The van der Waals surface area contributed by atoms with Gasteiger partial charge in [0, 0.05) is 34.6 Å². The lowest BCUT2D eigenvalue weighted by Crippen LogP contribution is -2.07. The topological polar surface area (TPSA) is 97.7 Å². The molecule has 2 aromatic rings. The third-order valence-electron chi connectivity index (χ3n) is 2.84. The van der Waals surface area contributed by atoms with E-state index in [1.807, 2.05) is 0 Å². The van der Waals surface area contributed by atoms with E-state index < -0.39 is 9.05 Å². The number of halogens is 1. The molecule has 19 heavy (non-hydrogen) atoms. The van der Waals surface area contributed by atoms with Crippen molar-refractivity contribution in [2.24, 2.45) is 0 Å². The van der Waals surface area contributed by atoms with Crippen LogP contribution < -0.4 is 5.56 Å².